The summed E-state index contributed by atoms with van der Waals surface area (Å²) in [6.45, 7) is 22.4. The number of halogens is 1. The quantitative estimate of drug-likeness (QED) is 0.166. The summed E-state index contributed by atoms with van der Waals surface area (Å²) in [4.78, 5) is 35.5. The molecule has 1 aromatic heterocycles. The van der Waals surface area contributed by atoms with E-state index in [2.05, 4.69) is 85.1 Å². The van der Waals surface area contributed by atoms with E-state index in [1.165, 1.54) is 26.1 Å². The van der Waals surface area contributed by atoms with Crippen LogP contribution in [0.3, 0.4) is 0 Å². The lowest BCUT2D eigenvalue weighted by molar-refractivity contribution is -0.263. The maximum Gasteiger partial charge on any atom is 0.318 e. The van der Waals surface area contributed by atoms with Crippen molar-refractivity contribution >= 4 is 50.8 Å². The Morgan fingerprint density at radius 2 is 1.90 bits per heavy atom. The third kappa shape index (κ3) is 7.42. The summed E-state index contributed by atoms with van der Waals surface area (Å²) in [5.41, 5.74) is 3.29. The number of hydrogen-bond acceptors (Lipinski definition) is 9. The van der Waals surface area contributed by atoms with E-state index in [4.69, 9.17) is 30.8 Å². The van der Waals surface area contributed by atoms with Gasteiger partial charge in [-0.1, -0.05) is 30.8 Å². The maximum absolute atomic E-state index is 12.7. The molecule has 12 heteroatoms. The Morgan fingerprint density at radius 1 is 1.10 bits per heavy atom. The summed E-state index contributed by atoms with van der Waals surface area (Å²) >= 11 is 2.43. The minimum Gasteiger partial charge on any atom is -0.462 e. The molecular formula is C38H46IN7O4. The van der Waals surface area contributed by atoms with Crippen LogP contribution in [0.5, 0.6) is 6.01 Å². The zero-order valence-electron chi connectivity index (χ0n) is 29.0. The minimum absolute atomic E-state index is 0.136. The number of rotatable bonds is 9. The molecule has 0 saturated carbocycles. The molecule has 0 radical (unpaired) electrons. The molecular weight excluding hydrogens is 745 g/mol. The fraction of sp³-hybridized carbons (Fsp3) is 0.526. The first kappa shape index (κ1) is 34.9. The zero-order chi connectivity index (χ0) is 34.8. The molecule has 0 unspecified atom stereocenters. The molecule has 0 N–H and O–H groups in total. The number of piperazine rings is 1. The van der Waals surface area contributed by atoms with E-state index in [9.17, 15) is 4.79 Å². The predicted octanol–water partition coefficient (Wildman–Crippen LogP) is 5.16. The molecule has 4 aliphatic rings. The number of anilines is 2. The monoisotopic (exact) mass is 791 g/mol. The zero-order valence-corrected chi connectivity index (χ0v) is 31.2. The molecule has 0 spiro atoms. The molecule has 0 aliphatic carbocycles. The number of benzene rings is 2. The van der Waals surface area contributed by atoms with Gasteiger partial charge in [0.05, 0.1) is 25.5 Å². The van der Waals surface area contributed by atoms with Gasteiger partial charge in [-0.3, -0.25) is 9.69 Å². The molecule has 2 aromatic carbocycles. The Morgan fingerprint density at radius 3 is 2.68 bits per heavy atom. The summed E-state index contributed by atoms with van der Waals surface area (Å²) in [6.07, 6.45) is 4.31. The minimum atomic E-state index is -0.517. The molecule has 1 amide bonds. The van der Waals surface area contributed by atoms with E-state index in [1.807, 2.05) is 13.8 Å². The van der Waals surface area contributed by atoms with Gasteiger partial charge in [0.1, 0.15) is 18.5 Å². The van der Waals surface area contributed by atoms with Crippen molar-refractivity contribution in [2.45, 2.75) is 57.5 Å². The van der Waals surface area contributed by atoms with Gasteiger partial charge >= 0.3 is 6.01 Å². The van der Waals surface area contributed by atoms with Crippen LogP contribution in [0.4, 0.5) is 11.5 Å². The molecule has 2 atom stereocenters. The molecule has 4 aliphatic heterocycles. The van der Waals surface area contributed by atoms with Gasteiger partial charge in [-0.25, -0.2) is 6.57 Å². The number of ether oxygens (including phenoxy) is 3. The van der Waals surface area contributed by atoms with E-state index in [0.717, 1.165) is 56.0 Å². The largest absolute Gasteiger partial charge is 0.462 e. The number of likely N-dealkylation sites (tertiary alicyclic amines) is 1. The van der Waals surface area contributed by atoms with Gasteiger partial charge < -0.3 is 33.8 Å². The molecule has 5 heterocycles. The van der Waals surface area contributed by atoms with Gasteiger partial charge in [-0.2, -0.15) is 9.97 Å². The summed E-state index contributed by atoms with van der Waals surface area (Å²) in [7, 11) is 0. The predicted molar refractivity (Wildman–Crippen MR) is 202 cm³/mol. The lowest BCUT2D eigenvalue weighted by Gasteiger charge is -2.41. The lowest BCUT2D eigenvalue weighted by atomic mass is 10.0. The van der Waals surface area contributed by atoms with Crippen molar-refractivity contribution in [3.63, 3.8) is 0 Å². The smallest absolute Gasteiger partial charge is 0.318 e. The summed E-state index contributed by atoms with van der Waals surface area (Å²) in [5.74, 6) is 0.536. The van der Waals surface area contributed by atoms with Gasteiger partial charge in [0, 0.05) is 64.9 Å². The van der Waals surface area contributed by atoms with Crippen molar-refractivity contribution in [3.8, 4) is 6.01 Å². The van der Waals surface area contributed by atoms with Gasteiger partial charge in [0.15, 0.2) is 5.79 Å². The number of fused-ring (bicyclic) bond motifs is 2. The average Bonchev–Trinajstić information content (AvgIpc) is 3.57. The third-order valence-corrected chi connectivity index (χ3v) is 11.4. The van der Waals surface area contributed by atoms with E-state index in [1.54, 1.807) is 4.90 Å². The number of amides is 1. The Balaban J connectivity index is 1.15. The van der Waals surface area contributed by atoms with Crippen LogP contribution in [0.1, 0.15) is 37.9 Å². The molecule has 3 saturated heterocycles. The van der Waals surface area contributed by atoms with Crippen LogP contribution in [0.2, 0.25) is 0 Å². The first-order valence-corrected chi connectivity index (χ1v) is 18.8. The van der Waals surface area contributed by atoms with Crippen LogP contribution in [-0.2, 0) is 27.2 Å². The number of aromatic nitrogens is 2. The van der Waals surface area contributed by atoms with Gasteiger partial charge in [-0.15, -0.1) is 0 Å². The Bertz CT molecular complexity index is 1760. The van der Waals surface area contributed by atoms with E-state index in [0.29, 0.717) is 57.9 Å². The second-order valence-corrected chi connectivity index (χ2v) is 15.4. The van der Waals surface area contributed by atoms with Crippen molar-refractivity contribution in [3.05, 3.63) is 75.3 Å². The van der Waals surface area contributed by atoms with Crippen molar-refractivity contribution in [1.82, 2.24) is 19.8 Å². The van der Waals surface area contributed by atoms with Crippen LogP contribution < -0.4 is 14.5 Å². The van der Waals surface area contributed by atoms with Crippen LogP contribution in [0.15, 0.2) is 49.1 Å². The molecule has 3 aromatic rings. The Labute approximate surface area is 308 Å². The third-order valence-electron chi connectivity index (χ3n) is 10.5. The van der Waals surface area contributed by atoms with Crippen molar-refractivity contribution in [2.75, 3.05) is 75.4 Å². The number of carbonyl (C=O) groups is 1. The van der Waals surface area contributed by atoms with Crippen LogP contribution in [0, 0.1) is 16.1 Å². The standard InChI is InChI=1S/C38H46IN7O4/c1-5-34(47)46-18-17-45(21-29(46)19-40-4)36-30-14-16-44(33-13-7-10-27-9-6-12-31(39)35(27)33)22-32(30)41-37(42-36)48-25-28-11-8-15-43(28)20-26-23-49-38(2,3)50-24-26/h5-7,9-10,12-13,26,28-29H,1,8,11,14-25H2,2-3H3/t28-,29-/m0/s1. The summed E-state index contributed by atoms with van der Waals surface area (Å²) < 4.78 is 19.6. The number of nitrogens with zero attached hydrogens (tertiary/aromatic N) is 7. The second kappa shape index (κ2) is 15.0. The molecule has 50 heavy (non-hydrogen) atoms. The van der Waals surface area contributed by atoms with Crippen LogP contribution in [-0.4, -0.2) is 109 Å². The van der Waals surface area contributed by atoms with Gasteiger partial charge in [0.2, 0.25) is 12.5 Å². The van der Waals surface area contributed by atoms with E-state index < -0.39 is 5.79 Å². The van der Waals surface area contributed by atoms with Crippen molar-refractivity contribution < 1.29 is 19.0 Å². The van der Waals surface area contributed by atoms with Crippen LogP contribution >= 0.6 is 22.6 Å². The lowest BCUT2D eigenvalue weighted by Crippen LogP contribution is -2.56. The average molecular weight is 792 g/mol. The van der Waals surface area contributed by atoms with Gasteiger partial charge in [-0.05, 0) is 85.8 Å². The Hall–Kier alpha value is -3.51. The maximum atomic E-state index is 12.7. The highest BCUT2D eigenvalue weighted by molar-refractivity contribution is 14.1. The SMILES string of the molecule is [C-]#[N+]C[C@H]1CN(c2nc(OC[C@@H]3CCCN3CC3COC(C)(C)OC3)nc3c2CCN(c2cccc4cccc(I)c24)C3)CCN1C(=O)C=C. The first-order valence-electron chi connectivity index (χ1n) is 17.7. The highest BCUT2D eigenvalue weighted by Gasteiger charge is 2.36. The van der Waals surface area contributed by atoms with Crippen molar-refractivity contribution in [2.24, 2.45) is 5.92 Å². The molecule has 3 fully saturated rings. The molecule has 0 bridgehead atoms. The second-order valence-electron chi connectivity index (χ2n) is 14.2. The highest BCUT2D eigenvalue weighted by atomic mass is 127. The van der Waals surface area contributed by atoms with Crippen molar-refractivity contribution in [1.29, 1.82) is 0 Å². The number of carbonyl (C=O) groups excluding carboxylic acids is 1. The molecule has 264 valence electrons. The first-order chi connectivity index (χ1) is 24.2. The van der Waals surface area contributed by atoms with E-state index in [-0.39, 0.29) is 24.5 Å². The normalized spacial score (nSPS) is 22.7. The topological polar surface area (TPSA) is 87.9 Å². The highest BCUT2D eigenvalue weighted by Crippen LogP contribution is 2.36. The Kier molecular flexibility index (Phi) is 10.5. The van der Waals surface area contributed by atoms with Crippen LogP contribution in [0.25, 0.3) is 15.6 Å². The fourth-order valence-corrected chi connectivity index (χ4v) is 8.63. The fourth-order valence-electron chi connectivity index (χ4n) is 7.84. The summed E-state index contributed by atoms with van der Waals surface area (Å²) in [5, 5.41) is 2.48. The van der Waals surface area contributed by atoms with E-state index >= 15 is 0 Å². The molecule has 7 rings (SSSR count). The molecule has 11 nitrogen and oxygen atoms in total. The number of hydrogen-bond donors (Lipinski definition) is 0. The summed E-state index contributed by atoms with van der Waals surface area (Å²) in [6, 6.07) is 13.3. The van der Waals surface area contributed by atoms with Gasteiger partial charge in [0.25, 0.3) is 0 Å².